The Hall–Kier alpha value is -2.30. The maximum Gasteiger partial charge on any atom is 0.220 e. The van der Waals surface area contributed by atoms with Crippen LogP contribution in [-0.2, 0) is 11.3 Å². The van der Waals surface area contributed by atoms with Gasteiger partial charge in [0.1, 0.15) is 5.75 Å². The summed E-state index contributed by atoms with van der Waals surface area (Å²) in [6.07, 6.45) is 4.45. The summed E-state index contributed by atoms with van der Waals surface area (Å²) < 4.78 is 5.59. The second-order valence-electron chi connectivity index (χ2n) is 4.62. The van der Waals surface area contributed by atoms with Crippen LogP contribution in [0.3, 0.4) is 0 Å². The molecule has 1 amide bonds. The highest BCUT2D eigenvalue weighted by Crippen LogP contribution is 2.12. The number of nitrogens with one attached hydrogen (secondary N) is 2. The highest BCUT2D eigenvalue weighted by molar-refractivity contribution is 5.75. The molecule has 2 rings (SSSR count). The van der Waals surface area contributed by atoms with Gasteiger partial charge in [0.2, 0.25) is 5.91 Å². The van der Waals surface area contributed by atoms with Gasteiger partial charge in [0, 0.05) is 12.6 Å². The van der Waals surface area contributed by atoms with E-state index in [1.165, 1.54) is 5.56 Å². The van der Waals surface area contributed by atoms with Crippen molar-refractivity contribution in [2.24, 2.45) is 0 Å². The number of H-pyrrole nitrogens is 1. The molecule has 1 heterocycles. The average molecular weight is 273 g/mol. The van der Waals surface area contributed by atoms with Crippen molar-refractivity contribution < 1.29 is 9.53 Å². The van der Waals surface area contributed by atoms with Crippen molar-refractivity contribution in [1.29, 1.82) is 0 Å². The van der Waals surface area contributed by atoms with Crippen molar-refractivity contribution in [2.75, 3.05) is 6.61 Å². The summed E-state index contributed by atoms with van der Waals surface area (Å²) in [4.78, 5) is 18.4. The summed E-state index contributed by atoms with van der Waals surface area (Å²) in [6, 6.07) is 7.89. The summed E-state index contributed by atoms with van der Waals surface area (Å²) in [5.41, 5.74) is 2.06. The number of benzene rings is 1. The number of rotatable bonds is 7. The zero-order valence-corrected chi connectivity index (χ0v) is 11.6. The third-order valence-electron chi connectivity index (χ3n) is 2.84. The molecule has 2 N–H and O–H groups in total. The van der Waals surface area contributed by atoms with E-state index in [2.05, 4.69) is 15.3 Å². The molecule has 0 radical (unpaired) electrons. The Morgan fingerprint density at radius 2 is 2.35 bits per heavy atom. The molecular weight excluding hydrogens is 254 g/mol. The molecule has 20 heavy (non-hydrogen) atoms. The van der Waals surface area contributed by atoms with Crippen molar-refractivity contribution in [3.63, 3.8) is 0 Å². The number of aromatic amines is 1. The quantitative estimate of drug-likeness (QED) is 0.760. The summed E-state index contributed by atoms with van der Waals surface area (Å²) in [6.45, 7) is 3.05. The first-order valence-electron chi connectivity index (χ1n) is 6.67. The molecular formula is C15H19N3O2. The molecule has 0 aliphatic rings. The molecule has 0 saturated heterocycles. The van der Waals surface area contributed by atoms with Crippen LogP contribution in [0.1, 0.15) is 24.1 Å². The van der Waals surface area contributed by atoms with Crippen LogP contribution in [0.15, 0.2) is 36.8 Å². The maximum absolute atomic E-state index is 11.6. The highest BCUT2D eigenvalue weighted by Gasteiger charge is 2.02. The second kappa shape index (κ2) is 7.33. The van der Waals surface area contributed by atoms with Gasteiger partial charge in [-0.05, 0) is 31.0 Å². The second-order valence-corrected chi connectivity index (χ2v) is 4.62. The van der Waals surface area contributed by atoms with Crippen molar-refractivity contribution in [1.82, 2.24) is 15.3 Å². The topological polar surface area (TPSA) is 67.0 Å². The summed E-state index contributed by atoms with van der Waals surface area (Å²) >= 11 is 0. The smallest absolute Gasteiger partial charge is 0.220 e. The molecule has 106 valence electrons. The number of nitrogens with zero attached hydrogens (tertiary/aromatic N) is 1. The number of hydrogen-bond acceptors (Lipinski definition) is 3. The Morgan fingerprint density at radius 1 is 1.45 bits per heavy atom. The lowest BCUT2D eigenvalue weighted by atomic mass is 10.2. The number of ether oxygens (including phenoxy) is 1. The molecule has 2 aromatic rings. The number of amides is 1. The van der Waals surface area contributed by atoms with Gasteiger partial charge in [-0.3, -0.25) is 4.79 Å². The fourth-order valence-corrected chi connectivity index (χ4v) is 1.79. The van der Waals surface area contributed by atoms with E-state index >= 15 is 0 Å². The van der Waals surface area contributed by atoms with E-state index in [0.29, 0.717) is 26.0 Å². The lowest BCUT2D eigenvalue weighted by Gasteiger charge is -2.07. The summed E-state index contributed by atoms with van der Waals surface area (Å²) in [5.74, 6) is 0.871. The van der Waals surface area contributed by atoms with E-state index in [9.17, 15) is 4.79 Å². The van der Waals surface area contributed by atoms with Gasteiger partial charge in [0.15, 0.2) is 0 Å². The maximum atomic E-state index is 11.6. The number of hydrogen-bond donors (Lipinski definition) is 2. The zero-order chi connectivity index (χ0) is 14.2. The van der Waals surface area contributed by atoms with E-state index in [0.717, 1.165) is 11.4 Å². The largest absolute Gasteiger partial charge is 0.494 e. The molecule has 5 heteroatoms. The number of aromatic nitrogens is 2. The van der Waals surface area contributed by atoms with Gasteiger partial charge in [-0.2, -0.15) is 0 Å². The molecule has 0 spiro atoms. The first-order valence-corrected chi connectivity index (χ1v) is 6.67. The number of carbonyl (C=O) groups is 1. The first kappa shape index (κ1) is 14.1. The van der Waals surface area contributed by atoms with Gasteiger partial charge in [-0.15, -0.1) is 0 Å². The van der Waals surface area contributed by atoms with E-state index in [-0.39, 0.29) is 5.91 Å². The third kappa shape index (κ3) is 4.76. The van der Waals surface area contributed by atoms with E-state index in [1.807, 2.05) is 31.2 Å². The van der Waals surface area contributed by atoms with Gasteiger partial charge >= 0.3 is 0 Å². The lowest BCUT2D eigenvalue weighted by Crippen LogP contribution is -2.23. The SMILES string of the molecule is Cc1cccc(OCCCC(=O)NCc2cnc[nH]2)c1. The number of carbonyl (C=O) groups excluding carboxylic acids is 1. The van der Waals surface area contributed by atoms with Crippen LogP contribution in [0.2, 0.25) is 0 Å². The Kier molecular flexibility index (Phi) is 5.17. The molecule has 0 aliphatic heterocycles. The van der Waals surface area contributed by atoms with Gasteiger partial charge in [0.05, 0.1) is 25.2 Å². The van der Waals surface area contributed by atoms with Crippen molar-refractivity contribution in [2.45, 2.75) is 26.3 Å². The molecule has 0 unspecified atom stereocenters. The van der Waals surface area contributed by atoms with E-state index in [4.69, 9.17) is 4.74 Å². The predicted molar refractivity (Wildman–Crippen MR) is 76.3 cm³/mol. The van der Waals surface area contributed by atoms with Crippen molar-refractivity contribution in [3.05, 3.63) is 48.0 Å². The average Bonchev–Trinajstić information content (AvgIpc) is 2.95. The van der Waals surface area contributed by atoms with Gasteiger partial charge in [0.25, 0.3) is 0 Å². The number of aryl methyl sites for hydroxylation is 1. The van der Waals surface area contributed by atoms with Crippen LogP contribution >= 0.6 is 0 Å². The van der Waals surface area contributed by atoms with Crippen molar-refractivity contribution >= 4 is 5.91 Å². The van der Waals surface area contributed by atoms with E-state index in [1.54, 1.807) is 12.5 Å². The molecule has 1 aromatic carbocycles. The Balaban J connectivity index is 1.59. The van der Waals surface area contributed by atoms with Crippen LogP contribution in [-0.4, -0.2) is 22.5 Å². The van der Waals surface area contributed by atoms with Crippen molar-refractivity contribution in [3.8, 4) is 5.75 Å². The molecule has 0 atom stereocenters. The van der Waals surface area contributed by atoms with Crippen LogP contribution in [0.4, 0.5) is 0 Å². The minimum atomic E-state index is 0.0208. The summed E-state index contributed by atoms with van der Waals surface area (Å²) in [7, 11) is 0. The van der Waals surface area contributed by atoms with Gasteiger partial charge in [-0.25, -0.2) is 4.98 Å². The Morgan fingerprint density at radius 3 is 3.10 bits per heavy atom. The van der Waals surface area contributed by atoms with E-state index < -0.39 is 0 Å². The normalized spacial score (nSPS) is 10.2. The molecule has 0 fully saturated rings. The fraction of sp³-hybridized carbons (Fsp3) is 0.333. The van der Waals surface area contributed by atoms with Crippen LogP contribution in [0, 0.1) is 6.92 Å². The zero-order valence-electron chi connectivity index (χ0n) is 11.6. The number of imidazole rings is 1. The predicted octanol–water partition coefficient (Wildman–Crippen LogP) is 2.19. The van der Waals surface area contributed by atoms with Crippen LogP contribution in [0.5, 0.6) is 5.75 Å². The molecule has 1 aromatic heterocycles. The minimum Gasteiger partial charge on any atom is -0.494 e. The lowest BCUT2D eigenvalue weighted by molar-refractivity contribution is -0.121. The third-order valence-corrected chi connectivity index (χ3v) is 2.84. The molecule has 0 aliphatic carbocycles. The first-order chi connectivity index (χ1) is 9.74. The van der Waals surface area contributed by atoms with Crippen LogP contribution < -0.4 is 10.1 Å². The van der Waals surface area contributed by atoms with Gasteiger partial charge in [-0.1, -0.05) is 12.1 Å². The monoisotopic (exact) mass is 273 g/mol. The fourth-order valence-electron chi connectivity index (χ4n) is 1.79. The molecule has 0 saturated carbocycles. The van der Waals surface area contributed by atoms with Gasteiger partial charge < -0.3 is 15.0 Å². The minimum absolute atomic E-state index is 0.0208. The highest BCUT2D eigenvalue weighted by atomic mass is 16.5. The molecule has 0 bridgehead atoms. The summed E-state index contributed by atoms with van der Waals surface area (Å²) in [5, 5.41) is 2.83. The standard InChI is InChI=1S/C15H19N3O2/c1-12-4-2-5-14(8-12)20-7-3-6-15(19)17-10-13-9-16-11-18-13/h2,4-5,8-9,11H,3,6-7,10H2,1H3,(H,16,18)(H,17,19). The molecule has 5 nitrogen and oxygen atoms in total. The van der Waals surface area contributed by atoms with Crippen LogP contribution in [0.25, 0.3) is 0 Å². The Bertz CT molecular complexity index is 538. The Labute approximate surface area is 118 Å².